The molecule has 0 N–H and O–H groups in total. The van der Waals surface area contributed by atoms with Crippen molar-refractivity contribution >= 4 is 23.2 Å². The van der Waals surface area contributed by atoms with Gasteiger partial charge in [-0.15, -0.1) is 11.3 Å². The summed E-state index contributed by atoms with van der Waals surface area (Å²) in [6.45, 7) is 3.96. The Bertz CT molecular complexity index is 913. The van der Waals surface area contributed by atoms with Gasteiger partial charge in [-0.3, -0.25) is 14.5 Å². The number of piperidine rings is 1. The van der Waals surface area contributed by atoms with Crippen LogP contribution in [0.1, 0.15) is 34.5 Å². The van der Waals surface area contributed by atoms with Crippen LogP contribution in [0.2, 0.25) is 0 Å². The first-order valence-corrected chi connectivity index (χ1v) is 11.6. The monoisotopic (exact) mass is 445 g/mol. The van der Waals surface area contributed by atoms with Crippen molar-refractivity contribution in [1.82, 2.24) is 14.7 Å². The van der Waals surface area contributed by atoms with Crippen LogP contribution in [-0.2, 0) is 11.3 Å². The van der Waals surface area contributed by atoms with Gasteiger partial charge >= 0.3 is 0 Å². The second-order valence-electron chi connectivity index (χ2n) is 8.06. The largest absolute Gasteiger partial charge is 0.494 e. The number of halogens is 1. The quantitative estimate of drug-likeness (QED) is 0.709. The smallest absolute Gasteiger partial charge is 0.264 e. The van der Waals surface area contributed by atoms with Crippen molar-refractivity contribution in [3.63, 3.8) is 0 Å². The molecule has 31 heavy (non-hydrogen) atoms. The molecule has 8 heteroatoms. The van der Waals surface area contributed by atoms with Crippen LogP contribution in [-0.4, -0.2) is 72.4 Å². The Hall–Kier alpha value is -2.45. The number of rotatable bonds is 5. The molecule has 6 nitrogen and oxygen atoms in total. The maximum absolute atomic E-state index is 14.0. The van der Waals surface area contributed by atoms with Crippen LogP contribution >= 0.6 is 11.3 Å². The number of carbonyl (C=O) groups is 2. The van der Waals surface area contributed by atoms with Gasteiger partial charge in [0.05, 0.1) is 12.0 Å². The zero-order valence-electron chi connectivity index (χ0n) is 17.8. The average Bonchev–Trinajstić information content (AvgIpc) is 3.34. The minimum atomic E-state index is -0.370. The Kier molecular flexibility index (Phi) is 6.87. The van der Waals surface area contributed by atoms with Crippen LogP contribution in [0.4, 0.5) is 4.39 Å². The first-order valence-electron chi connectivity index (χ1n) is 10.7. The molecule has 4 rings (SSSR count). The third-order valence-corrected chi connectivity index (χ3v) is 6.94. The van der Waals surface area contributed by atoms with E-state index in [0.717, 1.165) is 37.9 Å². The Morgan fingerprint density at radius 3 is 2.61 bits per heavy atom. The zero-order chi connectivity index (χ0) is 21.8. The molecule has 0 saturated carbocycles. The van der Waals surface area contributed by atoms with Crippen LogP contribution in [0.3, 0.4) is 0 Å². The van der Waals surface area contributed by atoms with E-state index in [0.29, 0.717) is 31.1 Å². The van der Waals surface area contributed by atoms with E-state index >= 15 is 0 Å². The van der Waals surface area contributed by atoms with Crippen molar-refractivity contribution in [3.8, 4) is 5.75 Å². The van der Waals surface area contributed by atoms with Crippen molar-refractivity contribution < 1.29 is 18.7 Å². The lowest BCUT2D eigenvalue weighted by molar-refractivity contribution is -0.139. The number of hydrogen-bond acceptors (Lipinski definition) is 5. The first-order chi connectivity index (χ1) is 15.1. The van der Waals surface area contributed by atoms with Crippen LogP contribution in [0, 0.1) is 5.82 Å². The van der Waals surface area contributed by atoms with E-state index in [-0.39, 0.29) is 29.4 Å². The molecule has 2 aliphatic heterocycles. The van der Waals surface area contributed by atoms with Crippen molar-refractivity contribution in [1.29, 1.82) is 0 Å². The highest BCUT2D eigenvalue weighted by atomic mass is 32.1. The number of carbonyl (C=O) groups excluding carboxylic acids is 2. The van der Waals surface area contributed by atoms with Crippen molar-refractivity contribution in [2.45, 2.75) is 31.8 Å². The van der Waals surface area contributed by atoms with E-state index in [9.17, 15) is 14.0 Å². The minimum absolute atomic E-state index is 0.0341. The number of benzene rings is 1. The number of amides is 2. The summed E-state index contributed by atoms with van der Waals surface area (Å²) in [5, 5.41) is 1.89. The number of likely N-dealkylation sites (tertiary alicyclic amines) is 1. The average molecular weight is 446 g/mol. The normalized spacial score (nSPS) is 20.0. The Morgan fingerprint density at radius 2 is 1.94 bits per heavy atom. The molecular weight excluding hydrogens is 417 g/mol. The summed E-state index contributed by atoms with van der Waals surface area (Å²) in [5.74, 6) is -0.0946. The Balaban J connectivity index is 1.35. The Labute approximate surface area is 186 Å². The van der Waals surface area contributed by atoms with Gasteiger partial charge in [-0.25, -0.2) is 4.39 Å². The second-order valence-corrected chi connectivity index (χ2v) is 9.01. The predicted octanol–water partition coefficient (Wildman–Crippen LogP) is 3.23. The summed E-state index contributed by atoms with van der Waals surface area (Å²) in [7, 11) is 1.45. The summed E-state index contributed by atoms with van der Waals surface area (Å²) < 4.78 is 18.9. The van der Waals surface area contributed by atoms with Gasteiger partial charge in [0.2, 0.25) is 5.91 Å². The molecule has 0 spiro atoms. The topological polar surface area (TPSA) is 53.1 Å². The SMILES string of the molecule is COc1ccc(CN2CCN(C(=O)C3CCCCN3C(=O)c3cccs3)CC2)cc1F. The van der Waals surface area contributed by atoms with E-state index in [1.807, 2.05) is 28.5 Å². The van der Waals surface area contributed by atoms with Crippen LogP contribution in [0.15, 0.2) is 35.7 Å². The molecule has 0 bridgehead atoms. The maximum atomic E-state index is 14.0. The summed E-state index contributed by atoms with van der Waals surface area (Å²) in [5.41, 5.74) is 0.887. The van der Waals surface area contributed by atoms with Gasteiger partial charge in [0, 0.05) is 39.3 Å². The van der Waals surface area contributed by atoms with E-state index < -0.39 is 0 Å². The number of hydrogen-bond donors (Lipinski definition) is 0. The molecule has 1 aromatic carbocycles. The maximum Gasteiger partial charge on any atom is 0.264 e. The van der Waals surface area contributed by atoms with Gasteiger partial charge in [-0.1, -0.05) is 12.1 Å². The minimum Gasteiger partial charge on any atom is -0.494 e. The number of thiophene rings is 1. The van der Waals surface area contributed by atoms with Crippen LogP contribution < -0.4 is 4.74 Å². The third kappa shape index (κ3) is 4.91. The molecular formula is C23H28FN3O3S. The lowest BCUT2D eigenvalue weighted by Crippen LogP contribution is -2.57. The molecule has 2 amide bonds. The number of ether oxygens (including phenoxy) is 1. The number of methoxy groups -OCH3 is 1. The van der Waals surface area contributed by atoms with Gasteiger partial charge in [0.15, 0.2) is 11.6 Å². The molecule has 2 aliphatic rings. The standard InChI is InChI=1S/C23H28FN3O3S/c1-30-20-8-7-17(15-18(20)24)16-25-10-12-26(13-11-25)22(28)19-5-2-3-9-27(19)23(29)21-6-4-14-31-21/h4,6-8,14-15,19H,2-3,5,9-13,16H2,1H3. The molecule has 1 atom stereocenters. The lowest BCUT2D eigenvalue weighted by atomic mass is 10.00. The van der Waals surface area contributed by atoms with E-state index in [2.05, 4.69) is 4.90 Å². The van der Waals surface area contributed by atoms with Crippen molar-refractivity contribution in [2.24, 2.45) is 0 Å². The van der Waals surface area contributed by atoms with Crippen molar-refractivity contribution in [2.75, 3.05) is 39.8 Å². The molecule has 2 saturated heterocycles. The highest BCUT2D eigenvalue weighted by Crippen LogP contribution is 2.24. The van der Waals surface area contributed by atoms with Gasteiger partial charge in [-0.2, -0.15) is 0 Å². The van der Waals surface area contributed by atoms with Gasteiger partial charge in [0.1, 0.15) is 6.04 Å². The summed E-state index contributed by atoms with van der Waals surface area (Å²) >= 11 is 1.42. The number of piperazine rings is 1. The van der Waals surface area contributed by atoms with Gasteiger partial charge in [0.25, 0.3) is 5.91 Å². The molecule has 2 fully saturated rings. The molecule has 2 aromatic rings. The molecule has 1 aromatic heterocycles. The highest BCUT2D eigenvalue weighted by Gasteiger charge is 2.36. The first kappa shape index (κ1) is 21.8. The predicted molar refractivity (Wildman–Crippen MR) is 118 cm³/mol. The highest BCUT2D eigenvalue weighted by molar-refractivity contribution is 7.12. The summed E-state index contributed by atoms with van der Waals surface area (Å²) in [6.07, 6.45) is 2.63. The fraction of sp³-hybridized carbons (Fsp3) is 0.478. The number of nitrogens with zero attached hydrogens (tertiary/aromatic N) is 3. The molecule has 1 unspecified atom stereocenters. The Morgan fingerprint density at radius 1 is 1.13 bits per heavy atom. The van der Waals surface area contributed by atoms with Crippen LogP contribution in [0.25, 0.3) is 0 Å². The fourth-order valence-electron chi connectivity index (χ4n) is 4.38. The molecule has 0 radical (unpaired) electrons. The van der Waals surface area contributed by atoms with Crippen molar-refractivity contribution in [3.05, 3.63) is 52.0 Å². The van der Waals surface area contributed by atoms with Crippen LogP contribution in [0.5, 0.6) is 5.75 Å². The summed E-state index contributed by atoms with van der Waals surface area (Å²) in [6, 6.07) is 8.34. The van der Waals surface area contributed by atoms with E-state index in [4.69, 9.17) is 4.74 Å². The molecule has 0 aliphatic carbocycles. The van der Waals surface area contributed by atoms with E-state index in [1.54, 1.807) is 11.0 Å². The molecule has 3 heterocycles. The third-order valence-electron chi connectivity index (χ3n) is 6.09. The summed E-state index contributed by atoms with van der Waals surface area (Å²) in [4.78, 5) is 32.7. The lowest BCUT2D eigenvalue weighted by Gasteiger charge is -2.40. The second kappa shape index (κ2) is 9.78. The van der Waals surface area contributed by atoms with Gasteiger partial charge in [-0.05, 0) is 48.4 Å². The zero-order valence-corrected chi connectivity index (χ0v) is 18.6. The van der Waals surface area contributed by atoms with E-state index in [1.165, 1.54) is 24.5 Å². The molecule has 166 valence electrons. The van der Waals surface area contributed by atoms with Gasteiger partial charge < -0.3 is 14.5 Å². The fourth-order valence-corrected chi connectivity index (χ4v) is 5.06.